The first-order chi connectivity index (χ1) is 11.3. The third kappa shape index (κ3) is 2.68. The number of benzene rings is 1. The Kier molecular flexibility index (Phi) is 3.31. The first kappa shape index (κ1) is 13.6. The number of pyridine rings is 1. The number of hydrogen-bond acceptors (Lipinski definition) is 2. The van der Waals surface area contributed by atoms with Gasteiger partial charge in [0.05, 0.1) is 18.8 Å². The maximum Gasteiger partial charge on any atom is 0.275 e. The van der Waals surface area contributed by atoms with E-state index in [0.717, 1.165) is 17.6 Å². The fourth-order valence-corrected chi connectivity index (χ4v) is 2.73. The van der Waals surface area contributed by atoms with Gasteiger partial charge in [0.15, 0.2) is 0 Å². The standard InChI is InChI=1S/C18H16N4O/c23-18-17-15(6-9-19-17)7-10-21(18)13-16-8-11-22(20-16)12-14-4-2-1-3-5-14/h1-11,19H,12-13H2. The second kappa shape index (κ2) is 5.61. The first-order valence-electron chi connectivity index (χ1n) is 7.52. The first-order valence-corrected chi connectivity index (χ1v) is 7.52. The lowest BCUT2D eigenvalue weighted by Crippen LogP contribution is -2.20. The molecule has 0 amide bonds. The maximum absolute atomic E-state index is 12.4. The molecule has 0 fully saturated rings. The lowest BCUT2D eigenvalue weighted by Gasteiger charge is -2.04. The van der Waals surface area contributed by atoms with Crippen LogP contribution in [0.1, 0.15) is 11.3 Å². The Labute approximate surface area is 132 Å². The van der Waals surface area contributed by atoms with Gasteiger partial charge in [0.2, 0.25) is 0 Å². The van der Waals surface area contributed by atoms with Crippen molar-refractivity contribution in [3.8, 4) is 0 Å². The molecule has 0 radical (unpaired) electrons. The molecule has 3 heterocycles. The zero-order chi connectivity index (χ0) is 15.6. The predicted octanol–water partition coefficient (Wildman–Crippen LogP) is 2.62. The quantitative estimate of drug-likeness (QED) is 0.630. The molecule has 23 heavy (non-hydrogen) atoms. The summed E-state index contributed by atoms with van der Waals surface area (Å²) in [7, 11) is 0. The molecule has 0 saturated carbocycles. The Balaban J connectivity index is 1.57. The Morgan fingerprint density at radius 3 is 2.70 bits per heavy atom. The Morgan fingerprint density at radius 1 is 0.957 bits per heavy atom. The van der Waals surface area contributed by atoms with Gasteiger partial charge in [0.1, 0.15) is 5.52 Å². The van der Waals surface area contributed by atoms with E-state index in [-0.39, 0.29) is 5.56 Å². The average molecular weight is 304 g/mol. The Hall–Kier alpha value is -3.08. The lowest BCUT2D eigenvalue weighted by molar-refractivity contribution is 0.652. The van der Waals surface area contributed by atoms with E-state index in [2.05, 4.69) is 22.2 Å². The molecule has 1 aromatic carbocycles. The lowest BCUT2D eigenvalue weighted by atomic mass is 10.2. The number of fused-ring (bicyclic) bond motifs is 1. The minimum absolute atomic E-state index is 0.0230. The SMILES string of the molecule is O=c1c2[nH]ccc2ccn1Cc1ccn(Cc2ccccc2)n1. The van der Waals surface area contributed by atoms with Crippen LogP contribution in [0.3, 0.4) is 0 Å². The van der Waals surface area contributed by atoms with E-state index in [9.17, 15) is 4.79 Å². The van der Waals surface area contributed by atoms with E-state index in [4.69, 9.17) is 0 Å². The summed E-state index contributed by atoms with van der Waals surface area (Å²) in [4.78, 5) is 15.4. The number of nitrogens with one attached hydrogen (secondary N) is 1. The highest BCUT2D eigenvalue weighted by Gasteiger charge is 2.06. The molecule has 0 bridgehead atoms. The summed E-state index contributed by atoms with van der Waals surface area (Å²) in [6.45, 7) is 1.20. The second-order valence-electron chi connectivity index (χ2n) is 5.55. The number of aromatic nitrogens is 4. The van der Waals surface area contributed by atoms with Crippen LogP contribution in [0.2, 0.25) is 0 Å². The normalized spacial score (nSPS) is 11.1. The maximum atomic E-state index is 12.4. The van der Waals surface area contributed by atoms with Crippen LogP contribution in [0.25, 0.3) is 10.9 Å². The molecule has 0 aliphatic heterocycles. The van der Waals surface area contributed by atoms with Crippen molar-refractivity contribution in [2.45, 2.75) is 13.1 Å². The fraction of sp³-hybridized carbons (Fsp3) is 0.111. The number of rotatable bonds is 4. The molecule has 0 saturated heterocycles. The molecule has 0 aliphatic carbocycles. The van der Waals surface area contributed by atoms with Crippen molar-refractivity contribution in [2.75, 3.05) is 0 Å². The predicted molar refractivity (Wildman–Crippen MR) is 89.4 cm³/mol. The van der Waals surface area contributed by atoms with Crippen LogP contribution in [-0.2, 0) is 13.1 Å². The zero-order valence-electron chi connectivity index (χ0n) is 12.5. The summed E-state index contributed by atoms with van der Waals surface area (Å²) in [5.41, 5.74) is 2.68. The number of aromatic amines is 1. The van der Waals surface area contributed by atoms with Gasteiger partial charge in [-0.25, -0.2) is 0 Å². The Bertz CT molecular complexity index is 994. The van der Waals surface area contributed by atoms with E-state index in [1.165, 1.54) is 5.56 Å². The molecular formula is C18H16N4O. The van der Waals surface area contributed by atoms with E-state index >= 15 is 0 Å². The van der Waals surface area contributed by atoms with Gasteiger partial charge >= 0.3 is 0 Å². The van der Waals surface area contributed by atoms with E-state index in [1.54, 1.807) is 10.8 Å². The molecule has 114 valence electrons. The van der Waals surface area contributed by atoms with E-state index in [0.29, 0.717) is 12.1 Å². The van der Waals surface area contributed by atoms with Gasteiger partial charge in [-0.1, -0.05) is 30.3 Å². The minimum atomic E-state index is -0.0230. The molecule has 0 unspecified atom stereocenters. The van der Waals surface area contributed by atoms with Crippen LogP contribution >= 0.6 is 0 Å². The van der Waals surface area contributed by atoms with Crippen LogP contribution in [0, 0.1) is 0 Å². The van der Waals surface area contributed by atoms with Crippen molar-refractivity contribution in [2.24, 2.45) is 0 Å². The van der Waals surface area contributed by atoms with E-state index < -0.39 is 0 Å². The van der Waals surface area contributed by atoms with Crippen molar-refractivity contribution < 1.29 is 0 Å². The van der Waals surface area contributed by atoms with Crippen LogP contribution in [0.4, 0.5) is 0 Å². The molecule has 5 nitrogen and oxygen atoms in total. The highest BCUT2D eigenvalue weighted by molar-refractivity contribution is 5.77. The molecule has 0 atom stereocenters. The monoisotopic (exact) mass is 304 g/mol. The highest BCUT2D eigenvalue weighted by atomic mass is 16.1. The van der Waals surface area contributed by atoms with Gasteiger partial charge < -0.3 is 9.55 Å². The highest BCUT2D eigenvalue weighted by Crippen LogP contribution is 2.08. The number of H-pyrrole nitrogens is 1. The van der Waals surface area contributed by atoms with Gasteiger partial charge in [-0.05, 0) is 23.8 Å². The molecule has 0 aliphatic rings. The number of nitrogens with zero attached hydrogens (tertiary/aromatic N) is 3. The smallest absolute Gasteiger partial charge is 0.275 e. The van der Waals surface area contributed by atoms with Crippen molar-refractivity contribution in [1.82, 2.24) is 19.3 Å². The van der Waals surface area contributed by atoms with Gasteiger partial charge in [-0.3, -0.25) is 9.48 Å². The molecule has 3 aromatic heterocycles. The zero-order valence-corrected chi connectivity index (χ0v) is 12.5. The van der Waals surface area contributed by atoms with Crippen molar-refractivity contribution in [1.29, 1.82) is 0 Å². The van der Waals surface area contributed by atoms with Gasteiger partial charge in [0.25, 0.3) is 5.56 Å². The van der Waals surface area contributed by atoms with Gasteiger partial charge in [-0.2, -0.15) is 5.10 Å². The summed E-state index contributed by atoms with van der Waals surface area (Å²) in [5, 5.41) is 5.49. The second-order valence-corrected chi connectivity index (χ2v) is 5.55. The van der Waals surface area contributed by atoms with Crippen LogP contribution < -0.4 is 5.56 Å². The molecule has 1 N–H and O–H groups in total. The van der Waals surface area contributed by atoms with Crippen LogP contribution in [0.5, 0.6) is 0 Å². The van der Waals surface area contributed by atoms with Gasteiger partial charge in [0, 0.05) is 24.0 Å². The van der Waals surface area contributed by atoms with E-state index in [1.807, 2.05) is 53.5 Å². The molecular weight excluding hydrogens is 288 g/mol. The molecule has 0 spiro atoms. The summed E-state index contributed by atoms with van der Waals surface area (Å²) >= 11 is 0. The molecule has 5 heteroatoms. The summed E-state index contributed by atoms with van der Waals surface area (Å²) in [5.74, 6) is 0. The average Bonchev–Trinajstić information content (AvgIpc) is 3.21. The van der Waals surface area contributed by atoms with Crippen molar-refractivity contribution in [3.05, 3.63) is 88.7 Å². The largest absolute Gasteiger partial charge is 0.357 e. The summed E-state index contributed by atoms with van der Waals surface area (Å²) in [6, 6.07) is 16.0. The number of hydrogen-bond donors (Lipinski definition) is 1. The van der Waals surface area contributed by atoms with Crippen LogP contribution in [0.15, 0.2) is 71.9 Å². The van der Waals surface area contributed by atoms with Gasteiger partial charge in [-0.15, -0.1) is 0 Å². The van der Waals surface area contributed by atoms with Crippen LogP contribution in [-0.4, -0.2) is 19.3 Å². The van der Waals surface area contributed by atoms with Crippen molar-refractivity contribution in [3.63, 3.8) is 0 Å². The van der Waals surface area contributed by atoms with Crippen molar-refractivity contribution >= 4 is 10.9 Å². The molecule has 4 rings (SSSR count). The fourth-order valence-electron chi connectivity index (χ4n) is 2.73. The minimum Gasteiger partial charge on any atom is -0.357 e. The third-order valence-corrected chi connectivity index (χ3v) is 3.90. The Morgan fingerprint density at radius 2 is 1.83 bits per heavy atom. The third-order valence-electron chi connectivity index (χ3n) is 3.90. The summed E-state index contributed by atoms with van der Waals surface area (Å²) in [6.07, 6.45) is 5.54. The summed E-state index contributed by atoms with van der Waals surface area (Å²) < 4.78 is 3.57. The molecule has 4 aromatic rings. The topological polar surface area (TPSA) is 55.6 Å².